The summed E-state index contributed by atoms with van der Waals surface area (Å²) in [5.41, 5.74) is -0.392. The second-order valence-corrected chi connectivity index (χ2v) is 6.61. The highest BCUT2D eigenvalue weighted by molar-refractivity contribution is 7.21. The number of ether oxygens (including phenoxy) is 1. The SMILES string of the molecule is CC1(C)OC(=O)N(c2c(O)sc3cc4occc4cc23)C1=O. The van der Waals surface area contributed by atoms with Crippen LogP contribution in [0.3, 0.4) is 0 Å². The summed E-state index contributed by atoms with van der Waals surface area (Å²) in [6, 6.07) is 5.34. The standard InChI is InChI=1S/C15H11NO5S/c1-15(2)13(18)16(14(19)21-15)11-8-5-7-3-4-20-9(7)6-10(8)22-12(11)17/h3-6,17H,1-2H3. The van der Waals surface area contributed by atoms with Gasteiger partial charge < -0.3 is 14.3 Å². The van der Waals surface area contributed by atoms with Crippen LogP contribution in [0.4, 0.5) is 10.5 Å². The molecule has 0 radical (unpaired) electrons. The minimum atomic E-state index is -1.24. The molecule has 1 aliphatic rings. The van der Waals surface area contributed by atoms with Gasteiger partial charge in [0.25, 0.3) is 5.91 Å². The molecule has 7 heteroatoms. The van der Waals surface area contributed by atoms with E-state index in [9.17, 15) is 14.7 Å². The van der Waals surface area contributed by atoms with Crippen LogP contribution < -0.4 is 4.90 Å². The smallest absolute Gasteiger partial charge is 0.422 e. The normalized spacial score (nSPS) is 17.6. The van der Waals surface area contributed by atoms with Crippen molar-refractivity contribution in [2.45, 2.75) is 19.4 Å². The minimum absolute atomic E-state index is 0.106. The summed E-state index contributed by atoms with van der Waals surface area (Å²) in [5.74, 6) is -0.500. The van der Waals surface area contributed by atoms with Crippen molar-refractivity contribution in [1.82, 2.24) is 0 Å². The van der Waals surface area contributed by atoms with Crippen LogP contribution in [0.25, 0.3) is 21.1 Å². The average Bonchev–Trinajstić information content (AvgIpc) is 3.05. The number of imide groups is 1. The highest BCUT2D eigenvalue weighted by Gasteiger charge is 2.49. The summed E-state index contributed by atoms with van der Waals surface area (Å²) < 4.78 is 11.1. The van der Waals surface area contributed by atoms with E-state index in [-0.39, 0.29) is 10.8 Å². The number of hydrogen-bond acceptors (Lipinski definition) is 6. The predicted molar refractivity (Wildman–Crippen MR) is 81.3 cm³/mol. The number of cyclic esters (lactones) is 1. The topological polar surface area (TPSA) is 80.0 Å². The Bertz CT molecular complexity index is 952. The molecule has 1 fully saturated rings. The van der Waals surface area contributed by atoms with E-state index < -0.39 is 17.6 Å². The first-order chi connectivity index (χ1) is 10.4. The van der Waals surface area contributed by atoms with E-state index in [0.717, 1.165) is 26.3 Å². The zero-order valence-corrected chi connectivity index (χ0v) is 12.6. The molecule has 0 bridgehead atoms. The fourth-order valence-corrected chi connectivity index (χ4v) is 3.53. The Labute approximate surface area is 128 Å². The molecule has 2 amide bonds. The number of fused-ring (bicyclic) bond motifs is 2. The summed E-state index contributed by atoms with van der Waals surface area (Å²) in [6.45, 7) is 3.04. The molecule has 1 saturated heterocycles. The number of benzene rings is 1. The zero-order valence-electron chi connectivity index (χ0n) is 11.7. The molecule has 0 spiro atoms. The lowest BCUT2D eigenvalue weighted by Crippen LogP contribution is -2.36. The fraction of sp³-hybridized carbons (Fsp3) is 0.200. The van der Waals surface area contributed by atoms with Crippen molar-refractivity contribution in [3.05, 3.63) is 24.5 Å². The number of aromatic hydroxyl groups is 1. The van der Waals surface area contributed by atoms with Crippen molar-refractivity contribution in [3.63, 3.8) is 0 Å². The molecule has 0 saturated carbocycles. The summed E-state index contributed by atoms with van der Waals surface area (Å²) in [4.78, 5) is 25.4. The number of rotatable bonds is 1. The van der Waals surface area contributed by atoms with Gasteiger partial charge in [0.1, 0.15) is 11.3 Å². The van der Waals surface area contributed by atoms with Gasteiger partial charge in [-0.25, -0.2) is 9.69 Å². The summed E-state index contributed by atoms with van der Waals surface area (Å²) >= 11 is 1.08. The van der Waals surface area contributed by atoms with E-state index in [1.165, 1.54) is 13.8 Å². The van der Waals surface area contributed by atoms with Gasteiger partial charge in [-0.05, 0) is 32.0 Å². The van der Waals surface area contributed by atoms with Crippen LogP contribution in [0.1, 0.15) is 13.8 Å². The number of carbonyl (C=O) groups excluding carboxylic acids is 2. The molecule has 0 unspecified atom stereocenters. The van der Waals surface area contributed by atoms with Gasteiger partial charge in [0.05, 0.1) is 6.26 Å². The Balaban J connectivity index is 2.00. The monoisotopic (exact) mass is 317 g/mol. The number of furan rings is 1. The molecule has 22 heavy (non-hydrogen) atoms. The number of thiophene rings is 1. The maximum absolute atomic E-state index is 12.4. The van der Waals surface area contributed by atoms with Crippen molar-refractivity contribution in [1.29, 1.82) is 0 Å². The van der Waals surface area contributed by atoms with Crippen LogP contribution in [0.15, 0.2) is 28.9 Å². The molecular formula is C15H11NO5S. The Kier molecular flexibility index (Phi) is 2.40. The second-order valence-electron chi connectivity index (χ2n) is 5.58. The zero-order chi connectivity index (χ0) is 15.6. The summed E-state index contributed by atoms with van der Waals surface area (Å²) in [5, 5.41) is 11.6. The van der Waals surface area contributed by atoms with Gasteiger partial charge >= 0.3 is 6.09 Å². The number of nitrogens with zero attached hydrogens (tertiary/aromatic N) is 1. The van der Waals surface area contributed by atoms with Crippen molar-refractivity contribution in [3.8, 4) is 5.06 Å². The molecule has 4 rings (SSSR count). The molecule has 0 atom stereocenters. The van der Waals surface area contributed by atoms with Gasteiger partial charge in [-0.1, -0.05) is 11.3 Å². The fourth-order valence-electron chi connectivity index (χ4n) is 2.60. The van der Waals surface area contributed by atoms with E-state index >= 15 is 0 Å². The Morgan fingerprint density at radius 3 is 2.73 bits per heavy atom. The first-order valence-electron chi connectivity index (χ1n) is 6.59. The van der Waals surface area contributed by atoms with Gasteiger partial charge in [-0.15, -0.1) is 0 Å². The van der Waals surface area contributed by atoms with Crippen molar-refractivity contribution in [2.75, 3.05) is 4.90 Å². The summed E-state index contributed by atoms with van der Waals surface area (Å²) in [7, 11) is 0. The van der Waals surface area contributed by atoms with Crippen molar-refractivity contribution < 1.29 is 23.8 Å². The van der Waals surface area contributed by atoms with Gasteiger partial charge in [-0.3, -0.25) is 4.79 Å². The van der Waals surface area contributed by atoms with E-state index in [2.05, 4.69) is 0 Å². The highest BCUT2D eigenvalue weighted by atomic mass is 32.1. The van der Waals surface area contributed by atoms with Crippen LogP contribution in [0, 0.1) is 0 Å². The van der Waals surface area contributed by atoms with Crippen molar-refractivity contribution in [2.24, 2.45) is 0 Å². The van der Waals surface area contributed by atoms with Gasteiger partial charge in [-0.2, -0.15) is 0 Å². The van der Waals surface area contributed by atoms with Crippen LogP contribution in [-0.2, 0) is 9.53 Å². The Morgan fingerprint density at radius 2 is 2.05 bits per heavy atom. The quantitative estimate of drug-likeness (QED) is 0.741. The van der Waals surface area contributed by atoms with E-state index in [0.29, 0.717) is 11.0 Å². The lowest BCUT2D eigenvalue weighted by molar-refractivity contribution is -0.127. The largest absolute Gasteiger partial charge is 0.498 e. The number of amides is 2. The maximum atomic E-state index is 12.4. The van der Waals surface area contributed by atoms with Crippen LogP contribution >= 0.6 is 11.3 Å². The van der Waals surface area contributed by atoms with E-state index in [4.69, 9.17) is 9.15 Å². The predicted octanol–water partition coefficient (Wildman–Crippen LogP) is 3.61. The van der Waals surface area contributed by atoms with Crippen molar-refractivity contribution >= 4 is 50.1 Å². The lowest BCUT2D eigenvalue weighted by Gasteiger charge is -2.13. The highest BCUT2D eigenvalue weighted by Crippen LogP contribution is 2.47. The third kappa shape index (κ3) is 1.59. The number of carbonyl (C=O) groups is 2. The third-order valence-corrected chi connectivity index (χ3v) is 4.63. The molecule has 1 N–H and O–H groups in total. The molecule has 0 aliphatic carbocycles. The van der Waals surface area contributed by atoms with Crippen LogP contribution in [0.2, 0.25) is 0 Å². The number of hydrogen-bond donors (Lipinski definition) is 1. The second kappa shape index (κ2) is 4.01. The first kappa shape index (κ1) is 13.1. The van der Waals surface area contributed by atoms with E-state index in [1.807, 2.05) is 0 Å². The van der Waals surface area contributed by atoms with Gasteiger partial charge in [0.2, 0.25) is 0 Å². The molecule has 112 valence electrons. The summed E-state index contributed by atoms with van der Waals surface area (Å²) in [6.07, 6.45) is 0.781. The number of anilines is 1. The first-order valence-corrected chi connectivity index (χ1v) is 7.40. The molecule has 1 aromatic carbocycles. The van der Waals surface area contributed by atoms with Gasteiger partial charge in [0, 0.05) is 15.5 Å². The Hall–Kier alpha value is -2.54. The molecule has 6 nitrogen and oxygen atoms in total. The molecule has 3 aromatic rings. The third-order valence-electron chi connectivity index (χ3n) is 3.69. The Morgan fingerprint density at radius 1 is 1.27 bits per heavy atom. The molecule has 1 aliphatic heterocycles. The van der Waals surface area contributed by atoms with E-state index in [1.54, 1.807) is 24.5 Å². The molecular weight excluding hydrogens is 306 g/mol. The van der Waals surface area contributed by atoms with Gasteiger partial charge in [0.15, 0.2) is 10.7 Å². The minimum Gasteiger partial charge on any atom is -0.498 e. The molecule has 3 heterocycles. The average molecular weight is 317 g/mol. The van der Waals surface area contributed by atoms with Crippen LogP contribution in [0.5, 0.6) is 5.06 Å². The molecule has 2 aromatic heterocycles. The maximum Gasteiger partial charge on any atom is 0.422 e. The lowest BCUT2D eigenvalue weighted by atomic mass is 10.1. The van der Waals surface area contributed by atoms with Crippen LogP contribution in [-0.4, -0.2) is 22.7 Å².